The molecule has 1 aromatic rings. The Labute approximate surface area is 114 Å². The maximum atomic E-state index is 11.0. The fourth-order valence-corrected chi connectivity index (χ4v) is 1.85. The molecule has 1 aromatic carbocycles. The quantitative estimate of drug-likeness (QED) is 0.758. The van der Waals surface area contributed by atoms with Crippen molar-refractivity contribution in [2.75, 3.05) is 13.2 Å². The maximum Gasteiger partial charge on any atom is 0.308 e. The molecule has 19 heavy (non-hydrogen) atoms. The van der Waals surface area contributed by atoms with Gasteiger partial charge in [-0.15, -0.1) is 0 Å². The Balaban J connectivity index is 2.42. The number of carboxylic acids is 1. The van der Waals surface area contributed by atoms with Gasteiger partial charge in [0.1, 0.15) is 5.75 Å². The summed E-state index contributed by atoms with van der Waals surface area (Å²) < 4.78 is 5.37. The lowest BCUT2D eigenvalue weighted by Crippen LogP contribution is -2.31. The minimum absolute atomic E-state index is 0.130. The van der Waals surface area contributed by atoms with Crippen molar-refractivity contribution in [3.05, 3.63) is 29.8 Å². The summed E-state index contributed by atoms with van der Waals surface area (Å²) in [6, 6.07) is 7.83. The van der Waals surface area contributed by atoms with Crippen molar-refractivity contribution in [2.24, 2.45) is 11.8 Å². The second-order valence-electron chi connectivity index (χ2n) is 4.90. The molecule has 1 rings (SSSR count). The minimum atomic E-state index is -0.741. The molecular weight excluding hydrogens is 242 g/mol. The molecule has 4 nitrogen and oxygen atoms in total. The predicted molar refractivity (Wildman–Crippen MR) is 75.3 cm³/mol. The molecule has 0 aliphatic heterocycles. The van der Waals surface area contributed by atoms with Crippen LogP contribution in [0.15, 0.2) is 24.3 Å². The normalized spacial score (nSPS) is 12.4. The lowest BCUT2D eigenvalue weighted by atomic mass is 9.96. The van der Waals surface area contributed by atoms with E-state index in [-0.39, 0.29) is 11.8 Å². The van der Waals surface area contributed by atoms with E-state index in [4.69, 9.17) is 9.84 Å². The van der Waals surface area contributed by atoms with Gasteiger partial charge in [-0.3, -0.25) is 4.79 Å². The van der Waals surface area contributed by atoms with E-state index in [1.807, 2.05) is 45.0 Å². The van der Waals surface area contributed by atoms with Gasteiger partial charge in [-0.2, -0.15) is 0 Å². The van der Waals surface area contributed by atoms with Gasteiger partial charge in [-0.1, -0.05) is 26.0 Å². The van der Waals surface area contributed by atoms with Crippen LogP contribution in [0, 0.1) is 11.8 Å². The largest absolute Gasteiger partial charge is 0.494 e. The monoisotopic (exact) mass is 265 g/mol. The van der Waals surface area contributed by atoms with Gasteiger partial charge in [0.2, 0.25) is 0 Å². The molecule has 0 amide bonds. The standard InChI is InChI=1S/C15H23NO3/c1-4-19-13-7-5-12(6-8-13)9-16-10-14(11(2)3)15(17)18/h5-8,11,14,16H,4,9-10H2,1-3H3,(H,17,18). The fraction of sp³-hybridized carbons (Fsp3) is 0.533. The third-order valence-corrected chi connectivity index (χ3v) is 3.05. The summed E-state index contributed by atoms with van der Waals surface area (Å²) in [6.45, 7) is 7.62. The number of ether oxygens (including phenoxy) is 1. The van der Waals surface area contributed by atoms with Gasteiger partial charge in [-0.25, -0.2) is 0 Å². The molecule has 0 aliphatic carbocycles. The van der Waals surface area contributed by atoms with E-state index in [1.54, 1.807) is 0 Å². The van der Waals surface area contributed by atoms with Crippen LogP contribution in [-0.4, -0.2) is 24.2 Å². The number of carboxylic acid groups (broad SMARTS) is 1. The molecule has 0 saturated carbocycles. The van der Waals surface area contributed by atoms with Crippen molar-refractivity contribution in [3.63, 3.8) is 0 Å². The first-order valence-corrected chi connectivity index (χ1v) is 6.69. The van der Waals surface area contributed by atoms with Gasteiger partial charge in [0.15, 0.2) is 0 Å². The molecule has 1 atom stereocenters. The van der Waals surface area contributed by atoms with Crippen LogP contribution < -0.4 is 10.1 Å². The number of rotatable bonds is 8. The summed E-state index contributed by atoms with van der Waals surface area (Å²) >= 11 is 0. The third kappa shape index (κ3) is 5.30. The van der Waals surface area contributed by atoms with E-state index in [1.165, 1.54) is 0 Å². The lowest BCUT2D eigenvalue weighted by Gasteiger charge is -2.16. The maximum absolute atomic E-state index is 11.0. The van der Waals surface area contributed by atoms with Crippen molar-refractivity contribution >= 4 is 5.97 Å². The van der Waals surface area contributed by atoms with Crippen LogP contribution in [0.2, 0.25) is 0 Å². The molecule has 4 heteroatoms. The van der Waals surface area contributed by atoms with Gasteiger partial charge in [-0.05, 0) is 30.5 Å². The van der Waals surface area contributed by atoms with Gasteiger partial charge in [0.05, 0.1) is 12.5 Å². The molecule has 0 bridgehead atoms. The summed E-state index contributed by atoms with van der Waals surface area (Å²) in [5, 5.41) is 12.3. The lowest BCUT2D eigenvalue weighted by molar-refractivity contribution is -0.143. The van der Waals surface area contributed by atoms with Crippen LogP contribution in [0.25, 0.3) is 0 Å². The average molecular weight is 265 g/mol. The van der Waals surface area contributed by atoms with Crippen LogP contribution >= 0.6 is 0 Å². The molecule has 1 unspecified atom stereocenters. The van der Waals surface area contributed by atoms with Gasteiger partial charge in [0.25, 0.3) is 0 Å². The molecule has 106 valence electrons. The zero-order valence-electron chi connectivity index (χ0n) is 11.8. The van der Waals surface area contributed by atoms with E-state index >= 15 is 0 Å². The number of carbonyl (C=O) groups is 1. The number of nitrogens with one attached hydrogen (secondary N) is 1. The fourth-order valence-electron chi connectivity index (χ4n) is 1.85. The highest BCUT2D eigenvalue weighted by molar-refractivity contribution is 5.70. The zero-order chi connectivity index (χ0) is 14.3. The van der Waals surface area contributed by atoms with Crippen LogP contribution in [0.1, 0.15) is 26.3 Å². The Morgan fingerprint density at radius 1 is 1.32 bits per heavy atom. The summed E-state index contributed by atoms with van der Waals surface area (Å²) in [5.41, 5.74) is 1.12. The Morgan fingerprint density at radius 2 is 1.95 bits per heavy atom. The number of benzene rings is 1. The van der Waals surface area contributed by atoms with Crippen LogP contribution in [0.5, 0.6) is 5.75 Å². The Hall–Kier alpha value is -1.55. The first-order chi connectivity index (χ1) is 9.04. The van der Waals surface area contributed by atoms with Crippen molar-refractivity contribution in [1.82, 2.24) is 5.32 Å². The highest BCUT2D eigenvalue weighted by Gasteiger charge is 2.20. The summed E-state index contributed by atoms with van der Waals surface area (Å²) in [6.07, 6.45) is 0. The van der Waals surface area contributed by atoms with E-state index in [0.717, 1.165) is 11.3 Å². The van der Waals surface area contributed by atoms with E-state index in [2.05, 4.69) is 5.32 Å². The SMILES string of the molecule is CCOc1ccc(CNCC(C(=O)O)C(C)C)cc1. The zero-order valence-corrected chi connectivity index (χ0v) is 11.8. The molecule has 0 spiro atoms. The molecule has 0 aliphatic rings. The first kappa shape index (κ1) is 15.5. The minimum Gasteiger partial charge on any atom is -0.494 e. The predicted octanol–water partition coefficient (Wildman–Crippen LogP) is 2.53. The van der Waals surface area contributed by atoms with E-state index < -0.39 is 5.97 Å². The highest BCUT2D eigenvalue weighted by Crippen LogP contribution is 2.13. The van der Waals surface area contributed by atoms with Gasteiger partial charge < -0.3 is 15.2 Å². The first-order valence-electron chi connectivity index (χ1n) is 6.69. The Morgan fingerprint density at radius 3 is 2.42 bits per heavy atom. The topological polar surface area (TPSA) is 58.6 Å². The molecule has 0 saturated heterocycles. The summed E-state index contributed by atoms with van der Waals surface area (Å²) in [4.78, 5) is 11.0. The molecule has 0 aromatic heterocycles. The second kappa shape index (κ2) is 7.79. The van der Waals surface area contributed by atoms with Crippen LogP contribution in [0.4, 0.5) is 0 Å². The van der Waals surface area contributed by atoms with Crippen molar-refractivity contribution in [2.45, 2.75) is 27.3 Å². The number of hydrogen-bond donors (Lipinski definition) is 2. The highest BCUT2D eigenvalue weighted by atomic mass is 16.5. The van der Waals surface area contributed by atoms with Gasteiger partial charge >= 0.3 is 5.97 Å². The average Bonchev–Trinajstić information content (AvgIpc) is 2.36. The molecule has 2 N–H and O–H groups in total. The van der Waals surface area contributed by atoms with Crippen LogP contribution in [-0.2, 0) is 11.3 Å². The van der Waals surface area contributed by atoms with Crippen molar-refractivity contribution in [1.29, 1.82) is 0 Å². The van der Waals surface area contributed by atoms with Crippen LogP contribution in [0.3, 0.4) is 0 Å². The number of aliphatic carboxylic acids is 1. The third-order valence-electron chi connectivity index (χ3n) is 3.05. The molecule has 0 radical (unpaired) electrons. The van der Waals surface area contributed by atoms with E-state index in [0.29, 0.717) is 19.7 Å². The second-order valence-corrected chi connectivity index (χ2v) is 4.90. The summed E-state index contributed by atoms with van der Waals surface area (Å²) in [7, 11) is 0. The smallest absolute Gasteiger partial charge is 0.308 e. The Bertz CT molecular complexity index is 387. The Kier molecular flexibility index (Phi) is 6.36. The van der Waals surface area contributed by atoms with Crippen molar-refractivity contribution < 1.29 is 14.6 Å². The van der Waals surface area contributed by atoms with Crippen molar-refractivity contribution in [3.8, 4) is 5.75 Å². The number of hydrogen-bond acceptors (Lipinski definition) is 3. The molecule has 0 heterocycles. The molecular formula is C15H23NO3. The molecule has 0 fully saturated rings. The summed E-state index contributed by atoms with van der Waals surface area (Å²) in [5.74, 6) is -0.0981. The van der Waals surface area contributed by atoms with Gasteiger partial charge in [0, 0.05) is 13.1 Å². The van der Waals surface area contributed by atoms with E-state index in [9.17, 15) is 4.79 Å².